The zero-order valence-corrected chi connectivity index (χ0v) is 27.0. The predicted molar refractivity (Wildman–Crippen MR) is 183 cm³/mol. The molecule has 2 aliphatic heterocycles. The van der Waals surface area contributed by atoms with Crippen LogP contribution in [0.25, 0.3) is 44.4 Å². The maximum atomic E-state index is 13.6. The van der Waals surface area contributed by atoms with Gasteiger partial charge in [-0.3, -0.25) is 4.79 Å². The molecular weight excluding hydrogens is 602 g/mol. The van der Waals surface area contributed by atoms with E-state index in [0.29, 0.717) is 18.0 Å². The van der Waals surface area contributed by atoms with E-state index in [2.05, 4.69) is 86.2 Å². The highest BCUT2D eigenvalue weighted by atomic mass is 16.4. The summed E-state index contributed by atoms with van der Waals surface area (Å²) in [6.07, 6.45) is 6.90. The maximum Gasteiger partial charge on any atom is 0.405 e. The number of carboxylic acid groups (broad SMARTS) is 1. The molecule has 3 aromatic carbocycles. The van der Waals surface area contributed by atoms with Crippen LogP contribution in [0, 0.1) is 17.8 Å². The van der Waals surface area contributed by atoms with Crippen LogP contribution in [-0.4, -0.2) is 60.1 Å². The maximum absolute atomic E-state index is 13.6. The van der Waals surface area contributed by atoms with Crippen molar-refractivity contribution in [2.45, 2.75) is 69.7 Å². The Balaban J connectivity index is 0.911. The highest BCUT2D eigenvalue weighted by Gasteiger charge is 2.56. The van der Waals surface area contributed by atoms with Crippen molar-refractivity contribution in [1.29, 1.82) is 0 Å². The minimum absolute atomic E-state index is 0.154. The minimum Gasteiger partial charge on any atom is -0.465 e. The molecule has 2 amide bonds. The van der Waals surface area contributed by atoms with Crippen LogP contribution >= 0.6 is 0 Å². The van der Waals surface area contributed by atoms with Crippen LogP contribution in [0.4, 0.5) is 4.79 Å². The normalized spacial score (nSPS) is 26.0. The lowest BCUT2D eigenvalue weighted by atomic mass is 9.98. The average Bonchev–Trinajstić information content (AvgIpc) is 3.65. The van der Waals surface area contributed by atoms with Gasteiger partial charge in [0.25, 0.3) is 0 Å². The number of nitrogens with zero attached hydrogens (tertiary/aromatic N) is 3. The second-order valence-electron chi connectivity index (χ2n) is 14.5. The number of nitrogens with one attached hydrogen (secondary N) is 4. The van der Waals surface area contributed by atoms with Gasteiger partial charge in [0.1, 0.15) is 17.7 Å². The van der Waals surface area contributed by atoms with Crippen molar-refractivity contribution in [1.82, 2.24) is 35.5 Å². The van der Waals surface area contributed by atoms with E-state index >= 15 is 0 Å². The number of hydrogen-bond donors (Lipinski definition) is 5. The largest absolute Gasteiger partial charge is 0.465 e. The average molecular weight is 642 g/mol. The number of imidazole rings is 2. The molecule has 2 aromatic heterocycles. The van der Waals surface area contributed by atoms with Crippen molar-refractivity contribution in [3.8, 4) is 33.6 Å². The minimum atomic E-state index is -1.18. The number of rotatable bonds is 8. The Hall–Kier alpha value is -4.96. The Bertz CT molecular complexity index is 2040. The monoisotopic (exact) mass is 641 g/mol. The molecule has 4 heterocycles. The van der Waals surface area contributed by atoms with E-state index in [1.165, 1.54) is 12.8 Å². The Morgan fingerprint density at radius 2 is 1.44 bits per heavy atom. The van der Waals surface area contributed by atoms with Gasteiger partial charge in [-0.1, -0.05) is 62.4 Å². The van der Waals surface area contributed by atoms with Crippen molar-refractivity contribution in [3.05, 3.63) is 84.7 Å². The summed E-state index contributed by atoms with van der Waals surface area (Å²) in [5, 5.41) is 17.7. The Labute approximate surface area is 278 Å². The number of piperidine rings is 2. The lowest BCUT2D eigenvalue weighted by Crippen LogP contribution is -2.51. The van der Waals surface area contributed by atoms with Gasteiger partial charge in [0.05, 0.1) is 35.9 Å². The summed E-state index contributed by atoms with van der Waals surface area (Å²) < 4.78 is 0. The summed E-state index contributed by atoms with van der Waals surface area (Å²) in [7, 11) is 0. The van der Waals surface area contributed by atoms with Crippen molar-refractivity contribution >= 4 is 22.8 Å². The number of aromatic amines is 2. The van der Waals surface area contributed by atoms with Gasteiger partial charge in [0.15, 0.2) is 0 Å². The number of hydrogen-bond acceptors (Lipinski definition) is 5. The van der Waals surface area contributed by atoms with Gasteiger partial charge in [-0.25, -0.2) is 14.8 Å². The summed E-state index contributed by atoms with van der Waals surface area (Å²) in [6, 6.07) is 21.8. The number of aromatic nitrogens is 4. The molecule has 2 saturated heterocycles. The molecule has 10 heteroatoms. The van der Waals surface area contributed by atoms with Crippen molar-refractivity contribution in [2.75, 3.05) is 0 Å². The Kier molecular flexibility index (Phi) is 6.72. The molecular formula is C38H39N7O3. The molecule has 244 valence electrons. The van der Waals surface area contributed by atoms with Gasteiger partial charge in [0, 0.05) is 17.6 Å². The van der Waals surface area contributed by atoms with Gasteiger partial charge >= 0.3 is 6.09 Å². The third-order valence-corrected chi connectivity index (χ3v) is 11.0. The fourth-order valence-corrected chi connectivity index (χ4v) is 8.10. The van der Waals surface area contributed by atoms with E-state index < -0.39 is 12.1 Å². The molecule has 2 aliphatic carbocycles. The van der Waals surface area contributed by atoms with Gasteiger partial charge in [-0.2, -0.15) is 0 Å². The van der Waals surface area contributed by atoms with Gasteiger partial charge in [-0.15, -0.1) is 0 Å². The fourth-order valence-electron chi connectivity index (χ4n) is 8.10. The standard InChI is InChI=1S/C38H39N7O3/c1-19(2)34(44-38(47)48)37(46)45-32-15-27(32)16-33(45)36-40-18-31(43-36)25-10-9-23-11-22(7-8-24(23)12-25)20-3-5-21(6-4-20)30-17-39-35(42-30)29-14-26-13-28(26)41-29/h3-12,17-19,26-29,32-34,41,44H,13-16H2,1-2H3,(H,39,42)(H,40,43)(H,47,48)/t26-,27-,28-,29?,32-,33+,34+/m1/s1. The molecule has 5 N–H and O–H groups in total. The third-order valence-electron chi connectivity index (χ3n) is 11.0. The molecule has 4 aliphatic rings. The molecule has 7 atom stereocenters. The van der Waals surface area contributed by atoms with Gasteiger partial charge in [0.2, 0.25) is 5.91 Å². The zero-order valence-electron chi connectivity index (χ0n) is 27.0. The summed E-state index contributed by atoms with van der Waals surface area (Å²) in [5.41, 5.74) is 6.41. The molecule has 4 fully saturated rings. The van der Waals surface area contributed by atoms with Crippen LogP contribution in [0.15, 0.2) is 73.1 Å². The smallest absolute Gasteiger partial charge is 0.405 e. The molecule has 0 spiro atoms. The summed E-state index contributed by atoms with van der Waals surface area (Å²) in [5.74, 6) is 2.75. The lowest BCUT2D eigenvalue weighted by Gasteiger charge is -2.31. The number of carbonyl (C=O) groups is 2. The number of carbonyl (C=O) groups excluding carboxylic acids is 1. The second kappa shape index (κ2) is 11.1. The number of H-pyrrole nitrogens is 2. The zero-order chi connectivity index (χ0) is 32.7. The lowest BCUT2D eigenvalue weighted by molar-refractivity contribution is -0.136. The molecule has 0 bridgehead atoms. The SMILES string of the molecule is CC(C)[C@H](NC(=O)O)C(=O)N1[C@@H]2C[C@@H]2C[C@H]1c1ncc(-c2ccc3cc(-c4ccc(-c5cnc(C6C[C@H]7C[C@H]7N6)[nH]5)cc4)ccc3c2)[nH]1. The Morgan fingerprint density at radius 1 is 0.792 bits per heavy atom. The third kappa shape index (κ3) is 5.15. The van der Waals surface area contributed by atoms with Crippen molar-refractivity contribution < 1.29 is 14.7 Å². The van der Waals surface area contributed by atoms with Crippen LogP contribution in [0.1, 0.15) is 63.3 Å². The predicted octanol–water partition coefficient (Wildman–Crippen LogP) is 6.66. The first-order valence-electron chi connectivity index (χ1n) is 17.1. The number of amides is 2. The van der Waals surface area contributed by atoms with E-state index in [-0.39, 0.29) is 23.9 Å². The molecule has 48 heavy (non-hydrogen) atoms. The topological polar surface area (TPSA) is 139 Å². The molecule has 5 aromatic rings. The van der Waals surface area contributed by atoms with E-state index in [0.717, 1.165) is 74.8 Å². The van der Waals surface area contributed by atoms with Crippen molar-refractivity contribution in [3.63, 3.8) is 0 Å². The van der Waals surface area contributed by atoms with E-state index in [4.69, 9.17) is 4.98 Å². The van der Waals surface area contributed by atoms with Crippen LogP contribution in [0.3, 0.4) is 0 Å². The number of benzene rings is 3. The van der Waals surface area contributed by atoms with E-state index in [1.54, 1.807) is 0 Å². The highest BCUT2D eigenvalue weighted by molar-refractivity contribution is 5.91. The molecule has 10 nitrogen and oxygen atoms in total. The van der Waals surface area contributed by atoms with Crippen molar-refractivity contribution in [2.24, 2.45) is 17.8 Å². The van der Waals surface area contributed by atoms with E-state index in [9.17, 15) is 14.7 Å². The highest BCUT2D eigenvalue weighted by Crippen LogP contribution is 2.53. The quantitative estimate of drug-likeness (QED) is 0.128. The fraction of sp³-hybridized carbons (Fsp3) is 0.368. The first-order valence-corrected chi connectivity index (χ1v) is 17.1. The summed E-state index contributed by atoms with van der Waals surface area (Å²) >= 11 is 0. The molecule has 9 rings (SSSR count). The van der Waals surface area contributed by atoms with E-state index in [1.807, 2.05) is 31.1 Å². The second-order valence-corrected chi connectivity index (χ2v) is 14.5. The first kappa shape index (κ1) is 29.2. The number of likely N-dealkylation sites (tertiary alicyclic amines) is 1. The van der Waals surface area contributed by atoms with Gasteiger partial charge < -0.3 is 30.6 Å². The summed E-state index contributed by atoms with van der Waals surface area (Å²) in [4.78, 5) is 43.3. The Morgan fingerprint density at radius 3 is 2.15 bits per heavy atom. The van der Waals surface area contributed by atoms with Crippen LogP contribution in [0.2, 0.25) is 0 Å². The molecule has 2 saturated carbocycles. The van der Waals surface area contributed by atoms with Crippen LogP contribution < -0.4 is 10.6 Å². The number of fused-ring (bicyclic) bond motifs is 3. The molecule has 1 unspecified atom stereocenters. The molecule has 0 radical (unpaired) electrons. The van der Waals surface area contributed by atoms with Gasteiger partial charge in [-0.05, 0) is 83.0 Å². The first-order chi connectivity index (χ1) is 23.3. The van der Waals surface area contributed by atoms with Crippen LogP contribution in [-0.2, 0) is 4.79 Å². The van der Waals surface area contributed by atoms with Crippen LogP contribution in [0.5, 0.6) is 0 Å². The summed E-state index contributed by atoms with van der Waals surface area (Å²) in [6.45, 7) is 3.73.